The molecule has 1 fully saturated rings. The number of allylic oxidation sites excluding steroid dienone is 1. The van der Waals surface area contributed by atoms with Crippen LogP contribution < -0.4 is 0 Å². The fraction of sp³-hybridized carbons (Fsp3) is 0.545. The summed E-state index contributed by atoms with van der Waals surface area (Å²) in [6, 6.07) is 1.96. The van der Waals surface area contributed by atoms with E-state index in [1.54, 1.807) is 0 Å². The summed E-state index contributed by atoms with van der Waals surface area (Å²) < 4.78 is 9.72. The van der Waals surface area contributed by atoms with E-state index in [1.807, 2.05) is 6.07 Å². The van der Waals surface area contributed by atoms with Gasteiger partial charge in [-0.3, -0.25) is 9.59 Å². The van der Waals surface area contributed by atoms with Crippen LogP contribution in [0.3, 0.4) is 0 Å². The fourth-order valence-electron chi connectivity index (χ4n) is 1.63. The minimum atomic E-state index is -1.16. The van der Waals surface area contributed by atoms with Gasteiger partial charge in [0.05, 0.1) is 6.07 Å². The van der Waals surface area contributed by atoms with Crippen molar-refractivity contribution in [3.63, 3.8) is 0 Å². The van der Waals surface area contributed by atoms with Gasteiger partial charge in [-0.2, -0.15) is 5.26 Å². The lowest BCUT2D eigenvalue weighted by Gasteiger charge is -2.12. The molecule has 0 aromatic rings. The molecule has 0 amide bonds. The molecule has 0 saturated carbocycles. The summed E-state index contributed by atoms with van der Waals surface area (Å²) in [5, 5.41) is 9.01. The fourth-order valence-corrected chi connectivity index (χ4v) is 1.63. The lowest BCUT2D eigenvalue weighted by atomic mass is 9.83. The van der Waals surface area contributed by atoms with Gasteiger partial charge in [0, 0.05) is 13.3 Å². The van der Waals surface area contributed by atoms with Crippen molar-refractivity contribution in [3.05, 3.63) is 12.7 Å². The topological polar surface area (TPSA) is 76.4 Å². The van der Waals surface area contributed by atoms with E-state index in [-0.39, 0.29) is 19.4 Å². The molecule has 0 spiro atoms. The molecule has 0 N–H and O–H groups in total. The van der Waals surface area contributed by atoms with Crippen LogP contribution in [0.15, 0.2) is 12.7 Å². The summed E-state index contributed by atoms with van der Waals surface area (Å²) >= 11 is 0. The molecule has 2 unspecified atom stereocenters. The minimum Gasteiger partial charge on any atom is -0.462 e. The predicted molar refractivity (Wildman–Crippen MR) is 54.0 cm³/mol. The molecule has 0 aromatic carbocycles. The van der Waals surface area contributed by atoms with Crippen LogP contribution in [-0.4, -0.2) is 24.6 Å². The first-order valence-corrected chi connectivity index (χ1v) is 4.90. The quantitative estimate of drug-likeness (QED) is 0.524. The molecule has 1 heterocycles. The molecule has 1 saturated heterocycles. The third-order valence-corrected chi connectivity index (χ3v) is 2.42. The van der Waals surface area contributed by atoms with Crippen molar-refractivity contribution in [2.24, 2.45) is 5.41 Å². The zero-order valence-electron chi connectivity index (χ0n) is 9.06. The van der Waals surface area contributed by atoms with Gasteiger partial charge in [-0.25, -0.2) is 0 Å². The van der Waals surface area contributed by atoms with Crippen LogP contribution in [0.2, 0.25) is 0 Å². The molecule has 5 heteroatoms. The highest BCUT2D eigenvalue weighted by atomic mass is 16.6. The Morgan fingerprint density at radius 3 is 3.06 bits per heavy atom. The Bertz CT molecular complexity index is 357. The molecule has 86 valence electrons. The van der Waals surface area contributed by atoms with E-state index in [2.05, 4.69) is 6.58 Å². The second-order valence-corrected chi connectivity index (χ2v) is 3.72. The zero-order valence-corrected chi connectivity index (χ0v) is 9.06. The molecule has 16 heavy (non-hydrogen) atoms. The van der Waals surface area contributed by atoms with Crippen molar-refractivity contribution in [2.45, 2.75) is 25.9 Å². The summed E-state index contributed by atoms with van der Waals surface area (Å²) in [7, 11) is 0. The number of carbonyl (C=O) groups is 2. The van der Waals surface area contributed by atoms with Crippen molar-refractivity contribution in [1.29, 1.82) is 5.26 Å². The van der Waals surface area contributed by atoms with Crippen LogP contribution >= 0.6 is 0 Å². The molecule has 0 aromatic heterocycles. The average Bonchev–Trinajstić information content (AvgIpc) is 2.54. The first-order valence-electron chi connectivity index (χ1n) is 4.90. The van der Waals surface area contributed by atoms with Gasteiger partial charge in [0.1, 0.15) is 12.7 Å². The lowest BCUT2D eigenvalue weighted by molar-refractivity contribution is -0.153. The van der Waals surface area contributed by atoms with E-state index >= 15 is 0 Å². The molecule has 5 nitrogen and oxygen atoms in total. The maximum absolute atomic E-state index is 11.5. The maximum atomic E-state index is 11.5. The molecule has 0 radical (unpaired) electrons. The van der Waals surface area contributed by atoms with Crippen LogP contribution in [0.1, 0.15) is 19.8 Å². The van der Waals surface area contributed by atoms with Gasteiger partial charge in [0.25, 0.3) is 0 Å². The van der Waals surface area contributed by atoms with Gasteiger partial charge in [-0.05, 0) is 6.42 Å². The van der Waals surface area contributed by atoms with Crippen molar-refractivity contribution in [2.75, 3.05) is 6.61 Å². The van der Waals surface area contributed by atoms with Gasteiger partial charge in [-0.1, -0.05) is 6.08 Å². The van der Waals surface area contributed by atoms with Crippen molar-refractivity contribution >= 4 is 11.9 Å². The Hall–Kier alpha value is -1.83. The third-order valence-electron chi connectivity index (χ3n) is 2.42. The van der Waals surface area contributed by atoms with Crippen LogP contribution in [0, 0.1) is 16.7 Å². The van der Waals surface area contributed by atoms with Crippen LogP contribution in [0.4, 0.5) is 0 Å². The van der Waals surface area contributed by atoms with E-state index < -0.39 is 23.5 Å². The molecule has 1 aliphatic heterocycles. The zero-order chi connectivity index (χ0) is 12.2. The van der Waals surface area contributed by atoms with Crippen molar-refractivity contribution in [1.82, 2.24) is 0 Å². The Labute approximate surface area is 93.6 Å². The van der Waals surface area contributed by atoms with E-state index in [1.165, 1.54) is 13.0 Å². The van der Waals surface area contributed by atoms with Crippen LogP contribution in [0.25, 0.3) is 0 Å². The number of carbonyl (C=O) groups excluding carboxylic acids is 2. The lowest BCUT2D eigenvalue weighted by Crippen LogP contribution is -2.23. The first-order chi connectivity index (χ1) is 7.54. The number of esters is 2. The highest BCUT2D eigenvalue weighted by molar-refractivity contribution is 5.82. The summed E-state index contributed by atoms with van der Waals surface area (Å²) in [5.74, 6) is -0.999. The second-order valence-electron chi connectivity index (χ2n) is 3.72. The smallest absolute Gasteiger partial charge is 0.327 e. The predicted octanol–water partition coefficient (Wildman–Crippen LogP) is 0.951. The van der Waals surface area contributed by atoms with Gasteiger partial charge in [0.2, 0.25) is 0 Å². The van der Waals surface area contributed by atoms with Crippen molar-refractivity contribution < 1.29 is 19.1 Å². The maximum Gasteiger partial charge on any atom is 0.327 e. The normalized spacial score (nSPS) is 28.0. The highest BCUT2D eigenvalue weighted by Gasteiger charge is 2.49. The Morgan fingerprint density at radius 2 is 2.56 bits per heavy atom. The average molecular weight is 223 g/mol. The number of hydrogen-bond acceptors (Lipinski definition) is 5. The van der Waals surface area contributed by atoms with Gasteiger partial charge < -0.3 is 9.47 Å². The van der Waals surface area contributed by atoms with Crippen LogP contribution in [-0.2, 0) is 19.1 Å². The summed E-state index contributed by atoms with van der Waals surface area (Å²) in [4.78, 5) is 22.1. The van der Waals surface area contributed by atoms with Gasteiger partial charge >= 0.3 is 11.9 Å². The third kappa shape index (κ3) is 2.40. The number of nitriles is 1. The molecular formula is C11H13NO4. The first kappa shape index (κ1) is 12.2. The van der Waals surface area contributed by atoms with E-state index in [0.29, 0.717) is 0 Å². The SMILES string of the molecule is C=CCC1(C#N)CC(COC(C)=O)OC1=O. The monoisotopic (exact) mass is 223 g/mol. The number of hydrogen-bond donors (Lipinski definition) is 0. The number of ether oxygens (including phenoxy) is 2. The second kappa shape index (κ2) is 4.79. The summed E-state index contributed by atoms with van der Waals surface area (Å²) in [6.07, 6.45) is 1.47. The number of nitrogens with zero attached hydrogens (tertiary/aromatic N) is 1. The van der Waals surface area contributed by atoms with Crippen LogP contribution in [0.5, 0.6) is 0 Å². The molecule has 0 aliphatic carbocycles. The van der Waals surface area contributed by atoms with E-state index in [9.17, 15) is 9.59 Å². The highest BCUT2D eigenvalue weighted by Crippen LogP contribution is 2.37. The number of cyclic esters (lactones) is 1. The Balaban J connectivity index is 2.65. The summed E-state index contributed by atoms with van der Waals surface area (Å²) in [6.45, 7) is 4.78. The minimum absolute atomic E-state index is 0.00163. The van der Waals surface area contributed by atoms with Crippen molar-refractivity contribution in [3.8, 4) is 6.07 Å². The van der Waals surface area contributed by atoms with E-state index in [0.717, 1.165) is 0 Å². The Morgan fingerprint density at radius 1 is 1.88 bits per heavy atom. The molecule has 2 atom stereocenters. The van der Waals surface area contributed by atoms with Gasteiger partial charge in [-0.15, -0.1) is 6.58 Å². The van der Waals surface area contributed by atoms with Gasteiger partial charge in [0.15, 0.2) is 5.41 Å². The standard InChI is InChI=1S/C11H13NO4/c1-3-4-11(7-12)5-9(16-10(11)14)6-15-8(2)13/h3,9H,1,4-6H2,2H3. The molecule has 1 aliphatic rings. The Kier molecular flexibility index (Phi) is 3.67. The summed E-state index contributed by atoms with van der Waals surface area (Å²) in [5.41, 5.74) is -1.16. The number of rotatable bonds is 4. The molecular weight excluding hydrogens is 210 g/mol. The molecule has 0 bridgehead atoms. The molecule has 1 rings (SSSR count). The van der Waals surface area contributed by atoms with E-state index in [4.69, 9.17) is 14.7 Å². The largest absolute Gasteiger partial charge is 0.462 e.